The molecular weight excluding hydrogens is 279 g/mol. The molecular formula is C11H11FO6S. The van der Waals surface area contributed by atoms with Gasteiger partial charge < -0.3 is 9.47 Å². The highest BCUT2D eigenvalue weighted by atomic mass is 32.3. The highest BCUT2D eigenvalue weighted by Crippen LogP contribution is 2.22. The van der Waals surface area contributed by atoms with Crippen molar-refractivity contribution in [2.75, 3.05) is 0 Å². The minimum atomic E-state index is -4.81. The van der Waals surface area contributed by atoms with E-state index in [9.17, 15) is 21.9 Å². The van der Waals surface area contributed by atoms with E-state index in [0.717, 1.165) is 26.0 Å². The monoisotopic (exact) mass is 290 g/mol. The fraction of sp³-hybridized carbons (Fsp3) is 0.273. The first-order valence-electron chi connectivity index (χ1n) is 5.09. The largest absolute Gasteiger partial charge is 0.421 e. The van der Waals surface area contributed by atoms with Crippen LogP contribution in [0.5, 0.6) is 0 Å². The molecule has 1 aromatic rings. The van der Waals surface area contributed by atoms with Crippen LogP contribution in [0.2, 0.25) is 0 Å². The Bertz CT molecular complexity index is 562. The molecule has 104 valence electrons. The van der Waals surface area contributed by atoms with E-state index in [4.69, 9.17) is 9.47 Å². The Morgan fingerprint density at radius 3 is 1.79 bits per heavy atom. The summed E-state index contributed by atoms with van der Waals surface area (Å²) in [4.78, 5) is 21.2. The maximum Gasteiger partial charge on any atom is 0.332 e. The van der Waals surface area contributed by atoms with Crippen molar-refractivity contribution in [2.24, 2.45) is 0 Å². The molecule has 0 aliphatic heterocycles. The fourth-order valence-electron chi connectivity index (χ4n) is 1.25. The number of carbonyl (C=O) groups is 2. The summed E-state index contributed by atoms with van der Waals surface area (Å²) in [6.07, 6.45) is -1.30. The molecule has 0 aliphatic carbocycles. The molecule has 8 heteroatoms. The summed E-state index contributed by atoms with van der Waals surface area (Å²) in [7, 11) is -4.81. The molecule has 0 aromatic heterocycles. The minimum absolute atomic E-state index is 0.206. The number of hydrogen-bond acceptors (Lipinski definition) is 6. The van der Waals surface area contributed by atoms with Crippen LogP contribution in [-0.2, 0) is 29.3 Å². The molecule has 1 rings (SSSR count). The quantitative estimate of drug-likeness (QED) is 0.474. The van der Waals surface area contributed by atoms with Gasteiger partial charge in [-0.05, 0) is 12.1 Å². The van der Waals surface area contributed by atoms with Gasteiger partial charge in [0.15, 0.2) is 0 Å². The van der Waals surface area contributed by atoms with E-state index in [2.05, 4.69) is 0 Å². The highest BCUT2D eigenvalue weighted by Gasteiger charge is 2.19. The average molecular weight is 290 g/mol. The molecule has 0 amide bonds. The summed E-state index contributed by atoms with van der Waals surface area (Å²) in [5, 5.41) is 0. The van der Waals surface area contributed by atoms with Crippen LogP contribution >= 0.6 is 0 Å². The average Bonchev–Trinajstić information content (AvgIpc) is 2.26. The van der Waals surface area contributed by atoms with Crippen molar-refractivity contribution in [1.29, 1.82) is 0 Å². The lowest BCUT2D eigenvalue weighted by Crippen LogP contribution is -2.15. The van der Waals surface area contributed by atoms with Crippen molar-refractivity contribution in [2.45, 2.75) is 25.0 Å². The topological polar surface area (TPSA) is 86.7 Å². The highest BCUT2D eigenvalue weighted by molar-refractivity contribution is 7.86. The standard InChI is InChI=1S/C11H11FO6S/c1-7(13)17-11(18-8(2)14)9-3-5-10(6-4-9)19(12,15)16/h3-6,11H,1-2H3. The van der Waals surface area contributed by atoms with Gasteiger partial charge in [0.2, 0.25) is 0 Å². The Morgan fingerprint density at radius 2 is 1.47 bits per heavy atom. The molecule has 19 heavy (non-hydrogen) atoms. The van der Waals surface area contributed by atoms with Gasteiger partial charge in [0.1, 0.15) is 0 Å². The first-order chi connectivity index (χ1) is 8.70. The molecule has 0 atom stereocenters. The van der Waals surface area contributed by atoms with Crippen LogP contribution in [0.15, 0.2) is 29.2 Å². The van der Waals surface area contributed by atoms with Gasteiger partial charge in [-0.2, -0.15) is 8.42 Å². The first kappa shape index (κ1) is 15.1. The van der Waals surface area contributed by atoms with Crippen LogP contribution < -0.4 is 0 Å². The lowest BCUT2D eigenvalue weighted by Gasteiger charge is -2.16. The van der Waals surface area contributed by atoms with Gasteiger partial charge in [-0.25, -0.2) is 0 Å². The van der Waals surface area contributed by atoms with E-state index in [1.165, 1.54) is 12.1 Å². The van der Waals surface area contributed by atoms with Gasteiger partial charge in [-0.1, -0.05) is 12.1 Å². The Labute approximate surface area is 109 Å². The van der Waals surface area contributed by atoms with E-state index >= 15 is 0 Å². The van der Waals surface area contributed by atoms with Crippen LogP contribution in [0.3, 0.4) is 0 Å². The second-order valence-corrected chi connectivity index (χ2v) is 4.90. The molecule has 0 spiro atoms. The minimum Gasteiger partial charge on any atom is -0.421 e. The summed E-state index contributed by atoms with van der Waals surface area (Å²) in [6, 6.07) is 4.32. The first-order valence-corrected chi connectivity index (χ1v) is 6.47. The van der Waals surface area contributed by atoms with E-state index in [0.29, 0.717) is 0 Å². The maximum absolute atomic E-state index is 12.7. The van der Waals surface area contributed by atoms with Crippen LogP contribution in [0.1, 0.15) is 25.7 Å². The molecule has 0 saturated carbocycles. The maximum atomic E-state index is 12.7. The van der Waals surface area contributed by atoms with Gasteiger partial charge >= 0.3 is 22.2 Å². The Morgan fingerprint density at radius 1 is 1.05 bits per heavy atom. The van der Waals surface area contributed by atoms with Crippen molar-refractivity contribution in [1.82, 2.24) is 0 Å². The fourth-order valence-corrected chi connectivity index (χ4v) is 1.71. The van der Waals surface area contributed by atoms with E-state index in [1.807, 2.05) is 0 Å². The lowest BCUT2D eigenvalue weighted by atomic mass is 10.2. The van der Waals surface area contributed by atoms with Gasteiger partial charge in [-0.3, -0.25) is 9.59 Å². The van der Waals surface area contributed by atoms with Gasteiger partial charge in [-0.15, -0.1) is 3.89 Å². The summed E-state index contributed by atoms with van der Waals surface area (Å²) in [5.41, 5.74) is 0.206. The van der Waals surface area contributed by atoms with Crippen LogP contribution in [0.4, 0.5) is 3.89 Å². The van der Waals surface area contributed by atoms with Crippen molar-refractivity contribution in [3.05, 3.63) is 29.8 Å². The molecule has 0 aliphatic rings. The van der Waals surface area contributed by atoms with Crippen molar-refractivity contribution >= 4 is 22.2 Å². The molecule has 0 heterocycles. The summed E-state index contributed by atoms with van der Waals surface area (Å²) < 4.78 is 43.4. The molecule has 6 nitrogen and oxygen atoms in total. The molecule has 1 aromatic carbocycles. The van der Waals surface area contributed by atoms with E-state index in [1.54, 1.807) is 0 Å². The predicted molar refractivity (Wildman–Crippen MR) is 61.0 cm³/mol. The van der Waals surface area contributed by atoms with Crippen LogP contribution in [-0.4, -0.2) is 20.4 Å². The number of rotatable bonds is 4. The third-order valence-corrected chi connectivity index (χ3v) is 2.82. The second-order valence-electron chi connectivity index (χ2n) is 3.56. The van der Waals surface area contributed by atoms with Crippen LogP contribution in [0.25, 0.3) is 0 Å². The number of esters is 2. The molecule has 0 fully saturated rings. The lowest BCUT2D eigenvalue weighted by molar-refractivity contribution is -0.186. The Balaban J connectivity index is 3.03. The smallest absolute Gasteiger partial charge is 0.332 e. The summed E-state index contributed by atoms with van der Waals surface area (Å²) in [6.45, 7) is 2.24. The van der Waals surface area contributed by atoms with Gasteiger partial charge in [0, 0.05) is 19.4 Å². The number of halogens is 1. The summed E-state index contributed by atoms with van der Waals surface area (Å²) >= 11 is 0. The predicted octanol–water partition coefficient (Wildman–Crippen LogP) is 1.47. The molecule has 0 saturated heterocycles. The van der Waals surface area contributed by atoms with Crippen molar-refractivity contribution in [3.8, 4) is 0 Å². The third kappa shape index (κ3) is 4.66. The Hall–Kier alpha value is -1.96. The molecule has 0 N–H and O–H groups in total. The molecule has 0 bridgehead atoms. The number of hydrogen-bond donors (Lipinski definition) is 0. The van der Waals surface area contributed by atoms with Crippen molar-refractivity contribution < 1.29 is 31.4 Å². The SMILES string of the molecule is CC(=O)OC(OC(C)=O)c1ccc(S(=O)(=O)F)cc1. The zero-order valence-electron chi connectivity index (χ0n) is 10.1. The van der Waals surface area contributed by atoms with Gasteiger partial charge in [0.25, 0.3) is 6.29 Å². The number of ether oxygens (including phenoxy) is 2. The van der Waals surface area contributed by atoms with Gasteiger partial charge in [0.05, 0.1) is 4.90 Å². The summed E-state index contributed by atoms with van der Waals surface area (Å²) in [5.74, 6) is -1.37. The Kier molecular flexibility index (Phi) is 4.60. The van der Waals surface area contributed by atoms with E-state index < -0.39 is 33.3 Å². The van der Waals surface area contributed by atoms with E-state index in [-0.39, 0.29) is 5.56 Å². The molecule has 0 radical (unpaired) electrons. The number of benzene rings is 1. The normalized spacial score (nSPS) is 11.2. The second kappa shape index (κ2) is 5.79. The zero-order chi connectivity index (χ0) is 14.6. The van der Waals surface area contributed by atoms with Crippen molar-refractivity contribution in [3.63, 3.8) is 0 Å². The zero-order valence-corrected chi connectivity index (χ0v) is 10.9. The van der Waals surface area contributed by atoms with Crippen LogP contribution in [0, 0.1) is 0 Å². The third-order valence-electron chi connectivity index (χ3n) is 1.98. The number of carbonyl (C=O) groups excluding carboxylic acids is 2. The molecule has 0 unspecified atom stereocenters.